The van der Waals surface area contributed by atoms with Crippen LogP contribution in [0.1, 0.15) is 31.2 Å². The smallest absolute Gasteiger partial charge is 0.238 e. The van der Waals surface area contributed by atoms with Gasteiger partial charge < -0.3 is 9.47 Å². The molecule has 2 aromatic carbocycles. The molecule has 142 valence electrons. The molecule has 2 heterocycles. The van der Waals surface area contributed by atoms with Crippen molar-refractivity contribution in [3.63, 3.8) is 0 Å². The standard InChI is InChI=1S/C20H24N4O2S/c1-2-3-11-24-19-9-8-16(27(21,25)26)13-17(19)22-20(24)14-23-12-10-15-6-4-5-7-18(15)23/h4-9,13H,2-3,10-12,14H2,1H3,(H2,21,25,26). The Balaban J connectivity index is 1.74. The maximum absolute atomic E-state index is 11.7. The molecule has 0 atom stereocenters. The van der Waals surface area contributed by atoms with Crippen LogP contribution in [-0.4, -0.2) is 24.5 Å². The minimum Gasteiger partial charge on any atom is -0.363 e. The summed E-state index contributed by atoms with van der Waals surface area (Å²) >= 11 is 0. The number of nitrogens with two attached hydrogens (primary N) is 1. The van der Waals surface area contributed by atoms with Gasteiger partial charge in [-0.1, -0.05) is 31.5 Å². The first kappa shape index (κ1) is 18.0. The van der Waals surface area contributed by atoms with Crippen LogP contribution in [0.5, 0.6) is 0 Å². The SMILES string of the molecule is CCCCn1c(CN2CCc3ccccc32)nc2cc(S(N)(=O)=O)ccc21. The van der Waals surface area contributed by atoms with Gasteiger partial charge >= 0.3 is 0 Å². The summed E-state index contributed by atoms with van der Waals surface area (Å²) in [7, 11) is -3.74. The third kappa shape index (κ3) is 3.44. The second-order valence-electron chi connectivity index (χ2n) is 7.03. The number of primary sulfonamides is 1. The molecule has 0 amide bonds. The second-order valence-corrected chi connectivity index (χ2v) is 8.59. The predicted octanol–water partition coefficient (Wildman–Crippen LogP) is 3.05. The first-order chi connectivity index (χ1) is 13.0. The summed E-state index contributed by atoms with van der Waals surface area (Å²) in [6.45, 7) is 4.71. The highest BCUT2D eigenvalue weighted by Crippen LogP contribution is 2.30. The summed E-state index contributed by atoms with van der Waals surface area (Å²) in [5.41, 5.74) is 4.26. The van der Waals surface area contributed by atoms with Crippen molar-refractivity contribution in [3.8, 4) is 0 Å². The topological polar surface area (TPSA) is 81.2 Å². The van der Waals surface area contributed by atoms with Crippen LogP contribution in [-0.2, 0) is 29.5 Å². The fourth-order valence-corrected chi connectivity index (χ4v) is 4.30. The molecular formula is C20H24N4O2S. The van der Waals surface area contributed by atoms with E-state index in [1.165, 1.54) is 11.3 Å². The van der Waals surface area contributed by atoms with Crippen LogP contribution >= 0.6 is 0 Å². The van der Waals surface area contributed by atoms with Crippen LogP contribution in [0, 0.1) is 0 Å². The molecule has 0 radical (unpaired) electrons. The van der Waals surface area contributed by atoms with Crippen LogP contribution in [0.2, 0.25) is 0 Å². The van der Waals surface area contributed by atoms with Crippen LogP contribution in [0.3, 0.4) is 0 Å². The molecule has 3 aromatic rings. The Kier molecular flexibility index (Phi) is 4.65. The first-order valence-electron chi connectivity index (χ1n) is 9.32. The van der Waals surface area contributed by atoms with E-state index in [4.69, 9.17) is 10.1 Å². The molecule has 0 saturated carbocycles. The van der Waals surface area contributed by atoms with Crippen molar-refractivity contribution in [2.45, 2.75) is 44.2 Å². The highest BCUT2D eigenvalue weighted by Gasteiger charge is 2.22. The molecule has 6 nitrogen and oxygen atoms in total. The molecule has 0 aliphatic carbocycles. The van der Waals surface area contributed by atoms with Gasteiger partial charge in [0.25, 0.3) is 0 Å². The molecule has 0 spiro atoms. The number of fused-ring (bicyclic) bond motifs is 2. The third-order valence-electron chi connectivity index (χ3n) is 5.18. The number of imidazole rings is 1. The Morgan fingerprint density at radius 2 is 2.00 bits per heavy atom. The number of unbranched alkanes of at least 4 members (excludes halogenated alkanes) is 1. The van der Waals surface area contributed by atoms with Crippen molar-refractivity contribution >= 4 is 26.7 Å². The van der Waals surface area contributed by atoms with Crippen LogP contribution in [0.4, 0.5) is 5.69 Å². The highest BCUT2D eigenvalue weighted by atomic mass is 32.2. The molecule has 1 aliphatic rings. The highest BCUT2D eigenvalue weighted by molar-refractivity contribution is 7.89. The Bertz CT molecular complexity index is 1090. The minimum atomic E-state index is -3.74. The van der Waals surface area contributed by atoms with Gasteiger partial charge in [0.05, 0.1) is 22.5 Å². The van der Waals surface area contributed by atoms with E-state index in [0.29, 0.717) is 12.1 Å². The number of para-hydroxylation sites is 1. The van der Waals surface area contributed by atoms with E-state index in [9.17, 15) is 8.42 Å². The normalized spacial score (nSPS) is 14.1. The van der Waals surface area contributed by atoms with Gasteiger partial charge in [-0.05, 0) is 42.7 Å². The van der Waals surface area contributed by atoms with Crippen molar-refractivity contribution < 1.29 is 8.42 Å². The van der Waals surface area contributed by atoms with Crippen LogP contribution in [0.15, 0.2) is 47.4 Å². The Hall–Kier alpha value is -2.38. The molecular weight excluding hydrogens is 360 g/mol. The molecule has 7 heteroatoms. The lowest BCUT2D eigenvalue weighted by atomic mass is 10.2. The minimum absolute atomic E-state index is 0.105. The average Bonchev–Trinajstić information content (AvgIpc) is 3.20. The number of sulfonamides is 1. The maximum atomic E-state index is 11.7. The number of rotatable bonds is 6. The fraction of sp³-hybridized carbons (Fsp3) is 0.350. The largest absolute Gasteiger partial charge is 0.363 e. The van der Waals surface area contributed by atoms with Gasteiger partial charge in [-0.15, -0.1) is 0 Å². The van der Waals surface area contributed by atoms with E-state index in [0.717, 1.165) is 43.7 Å². The van der Waals surface area contributed by atoms with Gasteiger partial charge in [0.1, 0.15) is 5.82 Å². The molecule has 1 aromatic heterocycles. The van der Waals surface area contributed by atoms with Crippen molar-refractivity contribution in [2.75, 3.05) is 11.4 Å². The lowest BCUT2D eigenvalue weighted by Gasteiger charge is -2.20. The quantitative estimate of drug-likeness (QED) is 0.708. The summed E-state index contributed by atoms with van der Waals surface area (Å²) < 4.78 is 25.6. The van der Waals surface area contributed by atoms with E-state index >= 15 is 0 Å². The fourth-order valence-electron chi connectivity index (χ4n) is 3.76. The monoisotopic (exact) mass is 384 g/mol. The summed E-state index contributed by atoms with van der Waals surface area (Å²) in [4.78, 5) is 7.23. The van der Waals surface area contributed by atoms with Crippen molar-refractivity contribution in [2.24, 2.45) is 5.14 Å². The van der Waals surface area contributed by atoms with Crippen molar-refractivity contribution in [1.29, 1.82) is 0 Å². The van der Waals surface area contributed by atoms with Gasteiger partial charge in [-0.25, -0.2) is 18.5 Å². The molecule has 0 unspecified atom stereocenters. The van der Waals surface area contributed by atoms with E-state index in [-0.39, 0.29) is 4.90 Å². The number of aromatic nitrogens is 2. The number of benzene rings is 2. The van der Waals surface area contributed by atoms with Gasteiger partial charge in [0.2, 0.25) is 10.0 Å². The van der Waals surface area contributed by atoms with Crippen LogP contribution < -0.4 is 10.0 Å². The average molecular weight is 385 g/mol. The van der Waals surface area contributed by atoms with Crippen LogP contribution in [0.25, 0.3) is 11.0 Å². The van der Waals surface area contributed by atoms with E-state index in [1.807, 2.05) is 6.07 Å². The number of hydrogen-bond acceptors (Lipinski definition) is 4. The van der Waals surface area contributed by atoms with Gasteiger partial charge in [-0.3, -0.25) is 0 Å². The number of aryl methyl sites for hydroxylation is 1. The second kappa shape index (κ2) is 6.98. The zero-order valence-corrected chi connectivity index (χ0v) is 16.2. The lowest BCUT2D eigenvalue weighted by Crippen LogP contribution is -2.22. The molecule has 27 heavy (non-hydrogen) atoms. The van der Waals surface area contributed by atoms with Gasteiger partial charge in [0.15, 0.2) is 0 Å². The lowest BCUT2D eigenvalue weighted by molar-refractivity contribution is 0.598. The summed E-state index contributed by atoms with van der Waals surface area (Å²) in [5, 5.41) is 5.29. The summed E-state index contributed by atoms with van der Waals surface area (Å²) in [6, 6.07) is 13.4. The van der Waals surface area contributed by atoms with E-state index in [1.54, 1.807) is 12.1 Å². The molecule has 4 rings (SSSR count). The molecule has 0 fully saturated rings. The molecule has 2 N–H and O–H groups in total. The van der Waals surface area contributed by atoms with Crippen molar-refractivity contribution in [1.82, 2.24) is 9.55 Å². The zero-order valence-electron chi connectivity index (χ0n) is 15.4. The third-order valence-corrected chi connectivity index (χ3v) is 6.09. The number of anilines is 1. The Morgan fingerprint density at radius 1 is 1.19 bits per heavy atom. The van der Waals surface area contributed by atoms with E-state index < -0.39 is 10.0 Å². The van der Waals surface area contributed by atoms with Gasteiger partial charge in [0, 0.05) is 18.8 Å². The number of hydrogen-bond donors (Lipinski definition) is 1. The molecule has 0 bridgehead atoms. The van der Waals surface area contributed by atoms with Crippen molar-refractivity contribution in [3.05, 3.63) is 53.9 Å². The Morgan fingerprint density at radius 3 is 2.78 bits per heavy atom. The molecule has 0 saturated heterocycles. The zero-order chi connectivity index (χ0) is 19.0. The summed E-state index contributed by atoms with van der Waals surface area (Å²) in [5.74, 6) is 0.960. The van der Waals surface area contributed by atoms with E-state index in [2.05, 4.69) is 40.7 Å². The number of nitrogens with zero attached hydrogens (tertiary/aromatic N) is 3. The molecule has 1 aliphatic heterocycles. The summed E-state index contributed by atoms with van der Waals surface area (Å²) in [6.07, 6.45) is 3.17. The Labute approximate surface area is 159 Å². The maximum Gasteiger partial charge on any atom is 0.238 e. The van der Waals surface area contributed by atoms with Gasteiger partial charge in [-0.2, -0.15) is 0 Å². The first-order valence-corrected chi connectivity index (χ1v) is 10.9. The predicted molar refractivity (Wildman–Crippen MR) is 107 cm³/mol.